The highest BCUT2D eigenvalue weighted by molar-refractivity contribution is 7.89. The van der Waals surface area contributed by atoms with Crippen molar-refractivity contribution in [2.45, 2.75) is 36.9 Å². The van der Waals surface area contributed by atoms with Crippen molar-refractivity contribution in [2.75, 3.05) is 7.05 Å². The number of aromatic nitrogens is 1. The Morgan fingerprint density at radius 3 is 2.81 bits per heavy atom. The number of nitrogens with zero attached hydrogens (tertiary/aromatic N) is 2. The average Bonchev–Trinajstić information content (AvgIpc) is 3.00. The fourth-order valence-electron chi connectivity index (χ4n) is 2.34. The molecule has 2 aromatic heterocycles. The summed E-state index contributed by atoms with van der Waals surface area (Å²) in [6, 6.07) is 5.34. The van der Waals surface area contributed by atoms with Gasteiger partial charge in [0.05, 0.1) is 19.4 Å². The molecule has 0 unspecified atom stereocenters. The molecular weight excluding hydrogens is 292 g/mol. The van der Waals surface area contributed by atoms with Crippen LogP contribution < -0.4 is 0 Å². The van der Waals surface area contributed by atoms with E-state index < -0.39 is 10.0 Å². The lowest BCUT2D eigenvalue weighted by Gasteiger charge is -2.14. The van der Waals surface area contributed by atoms with Gasteiger partial charge in [-0.1, -0.05) is 0 Å². The summed E-state index contributed by atoms with van der Waals surface area (Å²) in [6.07, 6.45) is 5.20. The van der Waals surface area contributed by atoms with Gasteiger partial charge in [0.2, 0.25) is 10.0 Å². The summed E-state index contributed by atoms with van der Waals surface area (Å²) in [5.74, 6) is 0.588. The third-order valence-electron chi connectivity index (χ3n) is 3.68. The van der Waals surface area contributed by atoms with Crippen LogP contribution in [-0.2, 0) is 23.2 Å². The summed E-state index contributed by atoms with van der Waals surface area (Å²) in [6.45, 7) is 0.0202. The molecule has 1 aliphatic rings. The highest BCUT2D eigenvalue weighted by atomic mass is 32.2. The van der Waals surface area contributed by atoms with Crippen molar-refractivity contribution in [3.05, 3.63) is 42.1 Å². The second-order valence-electron chi connectivity index (χ2n) is 5.30. The van der Waals surface area contributed by atoms with E-state index in [4.69, 9.17) is 4.42 Å². The molecule has 6 nitrogen and oxygen atoms in total. The van der Waals surface area contributed by atoms with Crippen LogP contribution in [0.1, 0.15) is 30.3 Å². The van der Waals surface area contributed by atoms with Crippen molar-refractivity contribution < 1.29 is 17.9 Å². The van der Waals surface area contributed by atoms with E-state index in [0.717, 1.165) is 12.8 Å². The Balaban J connectivity index is 1.87. The van der Waals surface area contributed by atoms with Crippen LogP contribution in [0.5, 0.6) is 0 Å². The Morgan fingerprint density at radius 1 is 1.48 bits per heavy atom. The van der Waals surface area contributed by atoms with Crippen molar-refractivity contribution in [1.29, 1.82) is 0 Å². The lowest BCUT2D eigenvalue weighted by Crippen LogP contribution is -2.26. The molecule has 0 aliphatic heterocycles. The zero-order valence-corrected chi connectivity index (χ0v) is 12.6. The van der Waals surface area contributed by atoms with Crippen molar-refractivity contribution in [2.24, 2.45) is 0 Å². The van der Waals surface area contributed by atoms with E-state index in [2.05, 4.69) is 0 Å². The summed E-state index contributed by atoms with van der Waals surface area (Å²) in [5.41, 5.74) is 0.641. The van der Waals surface area contributed by atoms with Crippen LogP contribution >= 0.6 is 0 Å². The molecule has 1 aliphatic carbocycles. The molecule has 114 valence electrons. The zero-order valence-electron chi connectivity index (χ0n) is 11.8. The van der Waals surface area contributed by atoms with Gasteiger partial charge >= 0.3 is 0 Å². The van der Waals surface area contributed by atoms with Crippen LogP contribution in [0, 0.1) is 0 Å². The maximum atomic E-state index is 12.6. The third-order valence-corrected chi connectivity index (χ3v) is 5.44. The van der Waals surface area contributed by atoms with Crippen LogP contribution in [0.25, 0.3) is 0 Å². The van der Waals surface area contributed by atoms with Gasteiger partial charge in [0.25, 0.3) is 0 Å². The lowest BCUT2D eigenvalue weighted by atomic mass is 10.4. The van der Waals surface area contributed by atoms with Crippen LogP contribution in [0.4, 0.5) is 0 Å². The first-order valence-electron chi connectivity index (χ1n) is 6.82. The van der Waals surface area contributed by atoms with Gasteiger partial charge in [-0.3, -0.25) is 0 Å². The van der Waals surface area contributed by atoms with Crippen LogP contribution in [0.15, 0.2) is 40.0 Å². The second kappa shape index (κ2) is 5.32. The van der Waals surface area contributed by atoms with E-state index in [1.807, 2.05) is 4.57 Å². The second-order valence-corrected chi connectivity index (χ2v) is 7.35. The summed E-state index contributed by atoms with van der Waals surface area (Å²) in [5, 5.41) is 9.38. The minimum absolute atomic E-state index is 0.159. The smallest absolute Gasteiger partial charge is 0.244 e. The first kappa shape index (κ1) is 14.4. The topological polar surface area (TPSA) is 75.7 Å². The highest BCUT2D eigenvalue weighted by Gasteiger charge is 2.29. The lowest BCUT2D eigenvalue weighted by molar-refractivity contribution is 0.270. The SMILES string of the molecule is CN(Cc1ccco1)S(=O)(=O)c1cc(CO)n(C2CC2)c1. The molecule has 1 N–H and O–H groups in total. The number of hydrogen-bond acceptors (Lipinski definition) is 4. The molecule has 7 heteroatoms. The number of rotatable bonds is 6. The van der Waals surface area contributed by atoms with Crippen molar-refractivity contribution in [1.82, 2.24) is 8.87 Å². The van der Waals surface area contributed by atoms with E-state index in [0.29, 0.717) is 17.5 Å². The summed E-state index contributed by atoms with van der Waals surface area (Å²) >= 11 is 0. The highest BCUT2D eigenvalue weighted by Crippen LogP contribution is 2.37. The maximum absolute atomic E-state index is 12.6. The zero-order chi connectivity index (χ0) is 15.0. The molecule has 1 saturated carbocycles. The largest absolute Gasteiger partial charge is 0.468 e. The summed E-state index contributed by atoms with van der Waals surface area (Å²) < 4.78 is 33.4. The fourth-order valence-corrected chi connectivity index (χ4v) is 3.53. The molecule has 3 rings (SSSR count). The van der Waals surface area contributed by atoms with Gasteiger partial charge in [-0.2, -0.15) is 4.31 Å². The third kappa shape index (κ3) is 2.76. The molecule has 0 bridgehead atoms. The average molecular weight is 310 g/mol. The molecular formula is C14H18N2O4S. The number of furan rings is 1. The van der Waals surface area contributed by atoms with Crippen molar-refractivity contribution >= 4 is 10.0 Å². The van der Waals surface area contributed by atoms with Gasteiger partial charge in [-0.25, -0.2) is 8.42 Å². The molecule has 0 aromatic carbocycles. The van der Waals surface area contributed by atoms with Gasteiger partial charge in [0.15, 0.2) is 0 Å². The minimum atomic E-state index is -3.59. The minimum Gasteiger partial charge on any atom is -0.468 e. The molecule has 2 heterocycles. The Morgan fingerprint density at radius 2 is 2.24 bits per heavy atom. The first-order valence-corrected chi connectivity index (χ1v) is 8.26. The fraction of sp³-hybridized carbons (Fsp3) is 0.429. The van der Waals surface area contributed by atoms with E-state index in [-0.39, 0.29) is 18.0 Å². The van der Waals surface area contributed by atoms with E-state index in [1.165, 1.54) is 17.6 Å². The van der Waals surface area contributed by atoms with E-state index in [9.17, 15) is 13.5 Å². The molecule has 0 radical (unpaired) electrons. The van der Waals surface area contributed by atoms with E-state index >= 15 is 0 Å². The molecule has 1 fully saturated rings. The molecule has 2 aromatic rings. The van der Waals surface area contributed by atoms with Gasteiger partial charge in [0.1, 0.15) is 10.7 Å². The van der Waals surface area contributed by atoms with Gasteiger partial charge in [-0.05, 0) is 31.0 Å². The number of aliphatic hydroxyl groups excluding tert-OH is 1. The van der Waals surface area contributed by atoms with Crippen molar-refractivity contribution in [3.8, 4) is 0 Å². The number of hydrogen-bond donors (Lipinski definition) is 1. The molecule has 21 heavy (non-hydrogen) atoms. The predicted molar refractivity (Wildman–Crippen MR) is 76.0 cm³/mol. The van der Waals surface area contributed by atoms with E-state index in [1.54, 1.807) is 24.4 Å². The van der Waals surface area contributed by atoms with Gasteiger partial charge < -0.3 is 14.1 Å². The number of sulfonamides is 1. The summed E-state index contributed by atoms with van der Waals surface area (Å²) in [4.78, 5) is 0.215. The number of aliphatic hydroxyl groups is 1. The Bertz CT molecular complexity index is 714. The quantitative estimate of drug-likeness (QED) is 0.881. The van der Waals surface area contributed by atoms with Gasteiger partial charge in [0, 0.05) is 25.0 Å². The Kier molecular flexibility index (Phi) is 3.64. The van der Waals surface area contributed by atoms with Crippen LogP contribution in [0.2, 0.25) is 0 Å². The van der Waals surface area contributed by atoms with Gasteiger partial charge in [-0.15, -0.1) is 0 Å². The Labute approximate surface area is 123 Å². The molecule has 0 saturated heterocycles. The van der Waals surface area contributed by atoms with Crippen molar-refractivity contribution in [3.63, 3.8) is 0 Å². The first-order chi connectivity index (χ1) is 10.0. The Hall–Kier alpha value is -1.57. The van der Waals surface area contributed by atoms with Crippen LogP contribution in [-0.4, -0.2) is 29.4 Å². The maximum Gasteiger partial charge on any atom is 0.244 e. The predicted octanol–water partition coefficient (Wildman–Crippen LogP) is 1.73. The normalized spacial score (nSPS) is 15.8. The monoisotopic (exact) mass is 310 g/mol. The van der Waals surface area contributed by atoms with Crippen LogP contribution in [0.3, 0.4) is 0 Å². The standard InChI is InChI=1S/C14H18N2O4S/c1-15(8-13-3-2-6-20-13)21(18,19)14-7-12(10-17)16(9-14)11-4-5-11/h2-3,6-7,9,11,17H,4-5,8,10H2,1H3. The molecule has 0 amide bonds. The molecule has 0 spiro atoms. The summed E-state index contributed by atoms with van der Waals surface area (Å²) in [7, 11) is -2.07. The molecule has 0 atom stereocenters.